The van der Waals surface area contributed by atoms with Gasteiger partial charge < -0.3 is 0 Å². The average molecular weight is 246 g/mol. The third-order valence-electron chi connectivity index (χ3n) is 4.88. The van der Waals surface area contributed by atoms with Crippen molar-refractivity contribution in [3.8, 4) is 0 Å². The number of carbonyl (C=O) groups is 1. The summed E-state index contributed by atoms with van der Waals surface area (Å²) in [5.41, 5.74) is 6.18. The molecular formula is C17H26O. The first kappa shape index (κ1) is 13.6. The molecule has 2 aliphatic rings. The second kappa shape index (κ2) is 5.42. The predicted molar refractivity (Wildman–Crippen MR) is 76.4 cm³/mol. The van der Waals surface area contributed by atoms with Crippen LogP contribution in [0.5, 0.6) is 0 Å². The van der Waals surface area contributed by atoms with Crippen LogP contribution in [0.3, 0.4) is 0 Å². The van der Waals surface area contributed by atoms with Crippen molar-refractivity contribution in [2.24, 2.45) is 11.8 Å². The van der Waals surface area contributed by atoms with Crippen molar-refractivity contribution in [2.75, 3.05) is 0 Å². The van der Waals surface area contributed by atoms with Crippen LogP contribution in [-0.4, -0.2) is 5.78 Å². The largest absolute Gasteiger partial charge is 0.299 e. The van der Waals surface area contributed by atoms with Gasteiger partial charge in [0, 0.05) is 12.3 Å². The number of allylic oxidation sites excluding steroid dienone is 4. The number of hydrogen-bond donors (Lipinski definition) is 0. The van der Waals surface area contributed by atoms with Gasteiger partial charge in [-0.05, 0) is 49.2 Å². The summed E-state index contributed by atoms with van der Waals surface area (Å²) in [5, 5.41) is 0. The first-order chi connectivity index (χ1) is 8.69. The fraction of sp³-hybridized carbons (Fsp3) is 0.706. The molecule has 2 atom stereocenters. The topological polar surface area (TPSA) is 17.1 Å². The van der Waals surface area contributed by atoms with Gasteiger partial charge in [0.15, 0.2) is 0 Å². The van der Waals surface area contributed by atoms with E-state index in [0.29, 0.717) is 11.7 Å². The van der Waals surface area contributed by atoms with Crippen LogP contribution in [0.1, 0.15) is 66.2 Å². The number of fused-ring (bicyclic) bond motifs is 1. The molecule has 0 spiro atoms. The maximum Gasteiger partial charge on any atom is 0.140 e. The van der Waals surface area contributed by atoms with Crippen LogP contribution in [-0.2, 0) is 4.79 Å². The lowest BCUT2D eigenvalue weighted by Crippen LogP contribution is -2.25. The van der Waals surface area contributed by atoms with E-state index in [1.54, 1.807) is 11.1 Å². The van der Waals surface area contributed by atoms with Gasteiger partial charge in [0.1, 0.15) is 5.78 Å². The zero-order valence-electron chi connectivity index (χ0n) is 12.3. The predicted octanol–water partition coefficient (Wildman–Crippen LogP) is 4.83. The molecule has 2 aliphatic carbocycles. The fourth-order valence-corrected chi connectivity index (χ4v) is 4.25. The summed E-state index contributed by atoms with van der Waals surface area (Å²) >= 11 is 0. The molecule has 0 saturated heterocycles. The highest BCUT2D eigenvalue weighted by Gasteiger charge is 2.42. The van der Waals surface area contributed by atoms with E-state index in [-0.39, 0.29) is 5.92 Å². The lowest BCUT2D eigenvalue weighted by molar-refractivity contribution is -0.120. The first-order valence-electron chi connectivity index (χ1n) is 7.66. The molecule has 0 heterocycles. The average Bonchev–Trinajstić information content (AvgIpc) is 2.77. The van der Waals surface area contributed by atoms with Crippen molar-refractivity contribution in [1.29, 1.82) is 0 Å². The smallest absolute Gasteiger partial charge is 0.140 e. The number of rotatable bonds is 4. The van der Waals surface area contributed by atoms with E-state index in [2.05, 4.69) is 27.7 Å². The van der Waals surface area contributed by atoms with Gasteiger partial charge in [0.25, 0.3) is 0 Å². The minimum atomic E-state index is 0.246. The SMILES string of the molecule is CCC1=C(CC)C2CCC(=O)C2C(CC)=C1CC. The quantitative estimate of drug-likeness (QED) is 0.694. The molecule has 1 fully saturated rings. The van der Waals surface area contributed by atoms with Crippen molar-refractivity contribution in [2.45, 2.75) is 66.2 Å². The Morgan fingerprint density at radius 3 is 1.94 bits per heavy atom. The molecule has 0 bridgehead atoms. The second-order valence-corrected chi connectivity index (χ2v) is 5.51. The molecule has 1 heteroatoms. The standard InChI is InChI=1S/C17H26O/c1-5-11-12(6-2)14(8-4)17-15(13(11)7-3)9-10-16(17)18/h15,17H,5-10H2,1-4H3. The molecule has 0 aromatic carbocycles. The molecule has 0 amide bonds. The molecule has 2 rings (SSSR count). The van der Waals surface area contributed by atoms with E-state index in [0.717, 1.165) is 38.5 Å². The van der Waals surface area contributed by atoms with Crippen LogP contribution in [0.25, 0.3) is 0 Å². The van der Waals surface area contributed by atoms with Crippen molar-refractivity contribution in [1.82, 2.24) is 0 Å². The van der Waals surface area contributed by atoms with Gasteiger partial charge in [-0.25, -0.2) is 0 Å². The number of ketones is 1. The highest BCUT2D eigenvalue weighted by Crippen LogP contribution is 2.49. The number of Topliss-reactive ketones (excluding diaryl/α,β-unsaturated/α-hetero) is 1. The summed E-state index contributed by atoms with van der Waals surface area (Å²) in [7, 11) is 0. The van der Waals surface area contributed by atoms with E-state index in [4.69, 9.17) is 0 Å². The third kappa shape index (κ3) is 1.88. The van der Waals surface area contributed by atoms with Gasteiger partial charge in [-0.15, -0.1) is 0 Å². The molecule has 0 aliphatic heterocycles. The van der Waals surface area contributed by atoms with E-state index < -0.39 is 0 Å². The van der Waals surface area contributed by atoms with Crippen LogP contribution < -0.4 is 0 Å². The van der Waals surface area contributed by atoms with Crippen molar-refractivity contribution in [3.63, 3.8) is 0 Å². The van der Waals surface area contributed by atoms with Crippen LogP contribution in [0.2, 0.25) is 0 Å². The van der Waals surface area contributed by atoms with Crippen LogP contribution in [0.4, 0.5) is 0 Å². The van der Waals surface area contributed by atoms with E-state index in [1.165, 1.54) is 11.1 Å². The lowest BCUT2D eigenvalue weighted by Gasteiger charge is -2.34. The van der Waals surface area contributed by atoms with Crippen molar-refractivity contribution >= 4 is 5.78 Å². The van der Waals surface area contributed by atoms with E-state index >= 15 is 0 Å². The Balaban J connectivity index is 2.59. The zero-order valence-corrected chi connectivity index (χ0v) is 12.3. The molecule has 0 aromatic rings. The highest BCUT2D eigenvalue weighted by molar-refractivity contribution is 5.88. The zero-order chi connectivity index (χ0) is 13.3. The summed E-state index contributed by atoms with van der Waals surface area (Å²) in [5.74, 6) is 1.29. The van der Waals surface area contributed by atoms with Crippen LogP contribution in [0.15, 0.2) is 22.3 Å². The maximum absolute atomic E-state index is 12.2. The van der Waals surface area contributed by atoms with Crippen molar-refractivity contribution < 1.29 is 4.79 Å². The molecule has 0 aromatic heterocycles. The van der Waals surface area contributed by atoms with Gasteiger partial charge >= 0.3 is 0 Å². The Morgan fingerprint density at radius 1 is 0.889 bits per heavy atom. The minimum Gasteiger partial charge on any atom is -0.299 e. The Morgan fingerprint density at radius 2 is 1.44 bits per heavy atom. The van der Waals surface area contributed by atoms with Crippen molar-refractivity contribution in [3.05, 3.63) is 22.3 Å². The molecule has 18 heavy (non-hydrogen) atoms. The Labute approximate surface area is 111 Å². The van der Waals surface area contributed by atoms with Gasteiger partial charge in [0.2, 0.25) is 0 Å². The fourth-order valence-electron chi connectivity index (χ4n) is 4.25. The van der Waals surface area contributed by atoms with Gasteiger partial charge in [0.05, 0.1) is 0 Å². The summed E-state index contributed by atoms with van der Waals surface area (Å²) in [4.78, 5) is 12.2. The molecule has 1 nitrogen and oxygen atoms in total. The van der Waals surface area contributed by atoms with Gasteiger partial charge in [-0.3, -0.25) is 4.79 Å². The Bertz CT molecular complexity index is 411. The lowest BCUT2D eigenvalue weighted by atomic mass is 9.70. The molecule has 0 N–H and O–H groups in total. The summed E-state index contributed by atoms with van der Waals surface area (Å²) in [6.07, 6.45) is 6.29. The minimum absolute atomic E-state index is 0.246. The summed E-state index contributed by atoms with van der Waals surface area (Å²) in [6, 6.07) is 0. The van der Waals surface area contributed by atoms with E-state index in [1.807, 2.05) is 0 Å². The molecule has 0 radical (unpaired) electrons. The highest BCUT2D eigenvalue weighted by atomic mass is 16.1. The van der Waals surface area contributed by atoms with Gasteiger partial charge in [-0.2, -0.15) is 0 Å². The van der Waals surface area contributed by atoms with E-state index in [9.17, 15) is 4.79 Å². The summed E-state index contributed by atoms with van der Waals surface area (Å²) in [6.45, 7) is 8.99. The maximum atomic E-state index is 12.2. The second-order valence-electron chi connectivity index (χ2n) is 5.51. The number of hydrogen-bond acceptors (Lipinski definition) is 1. The molecule has 100 valence electrons. The Hall–Kier alpha value is -0.850. The van der Waals surface area contributed by atoms with Crippen LogP contribution in [0, 0.1) is 11.8 Å². The molecule has 2 unspecified atom stereocenters. The summed E-state index contributed by atoms with van der Waals surface area (Å²) < 4.78 is 0. The molecular weight excluding hydrogens is 220 g/mol. The third-order valence-corrected chi connectivity index (χ3v) is 4.88. The monoisotopic (exact) mass is 246 g/mol. The normalized spacial score (nSPS) is 28.1. The van der Waals surface area contributed by atoms with Gasteiger partial charge in [-0.1, -0.05) is 38.8 Å². The number of carbonyl (C=O) groups excluding carboxylic acids is 1. The Kier molecular flexibility index (Phi) is 4.09. The first-order valence-corrected chi connectivity index (χ1v) is 7.66. The molecule has 1 saturated carbocycles. The van der Waals surface area contributed by atoms with Crippen LogP contribution >= 0.6 is 0 Å².